The molecular weight excluding hydrogens is 230 g/mol. The van der Waals surface area contributed by atoms with Crippen molar-refractivity contribution >= 4 is 0 Å². The molecule has 0 spiro atoms. The Morgan fingerprint density at radius 1 is 1.00 bits per heavy atom. The lowest BCUT2D eigenvalue weighted by Gasteiger charge is -2.39. The summed E-state index contributed by atoms with van der Waals surface area (Å²) < 4.78 is 0. The van der Waals surface area contributed by atoms with Crippen LogP contribution in [-0.4, -0.2) is 0 Å². The van der Waals surface area contributed by atoms with Gasteiger partial charge in [0, 0.05) is 5.54 Å². The smallest absolute Gasteiger partial charge is 0.0409 e. The van der Waals surface area contributed by atoms with Crippen molar-refractivity contribution in [3.05, 3.63) is 35.4 Å². The van der Waals surface area contributed by atoms with Crippen molar-refractivity contribution in [1.29, 1.82) is 0 Å². The van der Waals surface area contributed by atoms with Crippen molar-refractivity contribution in [2.75, 3.05) is 0 Å². The molecule has 1 nitrogen and oxygen atoms in total. The second-order valence-electron chi connectivity index (χ2n) is 7.01. The Balaban J connectivity index is 2.09. The van der Waals surface area contributed by atoms with Crippen LogP contribution in [0.4, 0.5) is 0 Å². The van der Waals surface area contributed by atoms with Gasteiger partial charge in [-0.1, -0.05) is 52.0 Å². The quantitative estimate of drug-likeness (QED) is 0.828. The van der Waals surface area contributed by atoms with Crippen LogP contribution in [0.15, 0.2) is 24.3 Å². The van der Waals surface area contributed by atoms with Crippen molar-refractivity contribution in [3.8, 4) is 0 Å². The largest absolute Gasteiger partial charge is 0.321 e. The van der Waals surface area contributed by atoms with Crippen molar-refractivity contribution in [2.45, 2.75) is 64.8 Å². The number of hydrogen-bond acceptors (Lipinski definition) is 1. The van der Waals surface area contributed by atoms with Crippen LogP contribution in [0.1, 0.15) is 70.4 Å². The van der Waals surface area contributed by atoms with Gasteiger partial charge in [-0.3, -0.25) is 0 Å². The van der Waals surface area contributed by atoms with Crippen molar-refractivity contribution in [3.63, 3.8) is 0 Å². The van der Waals surface area contributed by atoms with Crippen LogP contribution in [0.2, 0.25) is 0 Å². The molecule has 1 aromatic carbocycles. The summed E-state index contributed by atoms with van der Waals surface area (Å²) in [4.78, 5) is 0. The van der Waals surface area contributed by atoms with Gasteiger partial charge in [-0.25, -0.2) is 0 Å². The van der Waals surface area contributed by atoms with E-state index in [1.54, 1.807) is 0 Å². The van der Waals surface area contributed by atoms with Crippen LogP contribution in [0.3, 0.4) is 0 Å². The monoisotopic (exact) mass is 259 g/mol. The van der Waals surface area contributed by atoms with Crippen LogP contribution < -0.4 is 5.73 Å². The van der Waals surface area contributed by atoms with E-state index in [1.807, 2.05) is 0 Å². The Morgan fingerprint density at radius 2 is 1.53 bits per heavy atom. The predicted octanol–water partition coefficient (Wildman–Crippen LogP) is 4.81. The number of nitrogens with two attached hydrogens (primary N) is 1. The Morgan fingerprint density at radius 3 is 1.95 bits per heavy atom. The van der Waals surface area contributed by atoms with E-state index in [0.717, 1.165) is 24.7 Å². The van der Waals surface area contributed by atoms with Gasteiger partial charge in [0.2, 0.25) is 0 Å². The zero-order valence-corrected chi connectivity index (χ0v) is 12.9. The topological polar surface area (TPSA) is 26.0 Å². The molecule has 1 heteroatoms. The molecule has 106 valence electrons. The number of rotatable bonds is 3. The minimum Gasteiger partial charge on any atom is -0.321 e. The Labute approximate surface area is 118 Å². The lowest BCUT2D eigenvalue weighted by atomic mass is 9.70. The summed E-state index contributed by atoms with van der Waals surface area (Å²) in [5, 5.41) is 0. The normalized spacial score (nSPS) is 28.1. The molecule has 1 aliphatic rings. The van der Waals surface area contributed by atoms with Gasteiger partial charge in [0.1, 0.15) is 0 Å². The first-order valence-electron chi connectivity index (χ1n) is 7.82. The molecule has 1 fully saturated rings. The molecule has 0 atom stereocenters. The van der Waals surface area contributed by atoms with Gasteiger partial charge >= 0.3 is 0 Å². The molecule has 1 aliphatic carbocycles. The highest BCUT2D eigenvalue weighted by atomic mass is 14.7. The van der Waals surface area contributed by atoms with E-state index in [9.17, 15) is 0 Å². The minimum atomic E-state index is -0.0824. The zero-order valence-electron chi connectivity index (χ0n) is 12.9. The molecule has 19 heavy (non-hydrogen) atoms. The zero-order chi connectivity index (χ0) is 14.0. The maximum atomic E-state index is 6.67. The van der Waals surface area contributed by atoms with E-state index in [4.69, 9.17) is 5.73 Å². The molecule has 1 saturated carbocycles. The van der Waals surface area contributed by atoms with Gasteiger partial charge < -0.3 is 5.73 Å². The van der Waals surface area contributed by atoms with Gasteiger partial charge in [-0.05, 0) is 54.6 Å². The van der Waals surface area contributed by atoms with E-state index in [2.05, 4.69) is 52.0 Å². The van der Waals surface area contributed by atoms with E-state index < -0.39 is 0 Å². The van der Waals surface area contributed by atoms with Gasteiger partial charge in [0.25, 0.3) is 0 Å². The first kappa shape index (κ1) is 14.6. The maximum absolute atomic E-state index is 6.67. The Bertz CT molecular complexity index is 394. The molecule has 0 radical (unpaired) electrons. The molecule has 0 aliphatic heterocycles. The van der Waals surface area contributed by atoms with Crippen molar-refractivity contribution in [2.24, 2.45) is 17.6 Å². The lowest BCUT2D eigenvalue weighted by Crippen LogP contribution is -2.41. The molecule has 0 bridgehead atoms. The highest BCUT2D eigenvalue weighted by molar-refractivity contribution is 5.30. The van der Waals surface area contributed by atoms with Crippen LogP contribution in [0, 0.1) is 11.8 Å². The summed E-state index contributed by atoms with van der Waals surface area (Å²) in [5.74, 6) is 2.26. The second kappa shape index (κ2) is 5.66. The molecular formula is C18H29N. The van der Waals surface area contributed by atoms with Crippen LogP contribution in [0.5, 0.6) is 0 Å². The van der Waals surface area contributed by atoms with E-state index in [-0.39, 0.29) is 5.54 Å². The average Bonchev–Trinajstić information content (AvgIpc) is 2.39. The van der Waals surface area contributed by atoms with Crippen LogP contribution in [0.25, 0.3) is 0 Å². The summed E-state index contributed by atoms with van der Waals surface area (Å²) in [6, 6.07) is 9.02. The number of hydrogen-bond donors (Lipinski definition) is 1. The van der Waals surface area contributed by atoms with Gasteiger partial charge in [-0.2, -0.15) is 0 Å². The molecule has 0 amide bonds. The first-order valence-corrected chi connectivity index (χ1v) is 7.82. The summed E-state index contributed by atoms with van der Waals surface area (Å²) in [6.45, 7) is 9.15. The fourth-order valence-electron chi connectivity index (χ4n) is 3.31. The summed E-state index contributed by atoms with van der Waals surface area (Å²) in [7, 11) is 0. The Hall–Kier alpha value is -0.820. The summed E-state index contributed by atoms with van der Waals surface area (Å²) in [5.41, 5.74) is 9.32. The summed E-state index contributed by atoms with van der Waals surface area (Å²) in [6.07, 6.45) is 4.83. The fraction of sp³-hybridized carbons (Fsp3) is 0.667. The minimum absolute atomic E-state index is 0.0824. The second-order valence-corrected chi connectivity index (χ2v) is 7.01. The van der Waals surface area contributed by atoms with Gasteiger partial charge in [0.05, 0.1) is 0 Å². The highest BCUT2D eigenvalue weighted by Crippen LogP contribution is 2.40. The predicted molar refractivity (Wildman–Crippen MR) is 83.2 cm³/mol. The molecule has 0 unspecified atom stereocenters. The third kappa shape index (κ3) is 3.20. The van der Waals surface area contributed by atoms with Gasteiger partial charge in [-0.15, -0.1) is 0 Å². The molecule has 0 heterocycles. The molecule has 0 saturated heterocycles. The van der Waals surface area contributed by atoms with Gasteiger partial charge in [0.15, 0.2) is 0 Å². The van der Waals surface area contributed by atoms with E-state index >= 15 is 0 Å². The molecule has 2 N–H and O–H groups in total. The maximum Gasteiger partial charge on any atom is 0.0409 e. The number of benzene rings is 1. The standard InChI is InChI=1S/C18H29N/c1-13(2)15-5-7-17(8-6-15)18(19)11-9-16(10-12-18)14(3)4/h5-8,13-14,16H,9-12,19H2,1-4H3. The molecule has 0 aromatic heterocycles. The lowest BCUT2D eigenvalue weighted by molar-refractivity contribution is 0.196. The highest BCUT2D eigenvalue weighted by Gasteiger charge is 2.33. The van der Waals surface area contributed by atoms with E-state index in [1.165, 1.54) is 24.0 Å². The first-order chi connectivity index (χ1) is 8.92. The molecule has 1 aromatic rings. The SMILES string of the molecule is CC(C)c1ccc(C2(N)CCC(C(C)C)CC2)cc1. The third-order valence-electron chi connectivity index (χ3n) is 5.02. The van der Waals surface area contributed by atoms with Crippen LogP contribution >= 0.6 is 0 Å². The van der Waals surface area contributed by atoms with Crippen molar-refractivity contribution < 1.29 is 0 Å². The van der Waals surface area contributed by atoms with Crippen LogP contribution in [-0.2, 0) is 5.54 Å². The van der Waals surface area contributed by atoms with Crippen molar-refractivity contribution in [1.82, 2.24) is 0 Å². The third-order valence-corrected chi connectivity index (χ3v) is 5.02. The Kier molecular flexibility index (Phi) is 4.35. The summed E-state index contributed by atoms with van der Waals surface area (Å²) >= 11 is 0. The average molecular weight is 259 g/mol. The van der Waals surface area contributed by atoms with E-state index in [0.29, 0.717) is 5.92 Å². The fourth-order valence-corrected chi connectivity index (χ4v) is 3.31. The molecule has 2 rings (SSSR count).